The van der Waals surface area contributed by atoms with Crippen LogP contribution >= 0.6 is 45.2 Å². The van der Waals surface area contributed by atoms with Crippen LogP contribution in [0.2, 0.25) is 0 Å². The monoisotopic (exact) mass is 666 g/mol. The molecule has 6 N–H and O–H groups in total. The first-order chi connectivity index (χ1) is 14.9. The molecule has 0 aromatic carbocycles. The second-order valence-corrected chi connectivity index (χ2v) is 10.4. The molecular formula is C18H24I2N10O2. The van der Waals surface area contributed by atoms with Crippen LogP contribution in [0.4, 0.5) is 11.6 Å². The number of H-pyrrole nitrogens is 1. The quantitative estimate of drug-likeness (QED) is 0.183. The molecule has 0 saturated carbocycles. The van der Waals surface area contributed by atoms with E-state index in [-0.39, 0.29) is 5.60 Å². The molecule has 12 nitrogen and oxygen atoms in total. The molecule has 5 rings (SSSR count). The lowest BCUT2D eigenvalue weighted by Crippen LogP contribution is -2.26. The van der Waals surface area contributed by atoms with E-state index in [1.54, 1.807) is 18.5 Å². The van der Waals surface area contributed by atoms with Crippen molar-refractivity contribution in [3.05, 3.63) is 20.1 Å². The van der Waals surface area contributed by atoms with Gasteiger partial charge in [-0.2, -0.15) is 10.2 Å². The smallest absolute Gasteiger partial charge is 0.187 e. The molecule has 14 heteroatoms. The van der Waals surface area contributed by atoms with E-state index in [2.05, 4.69) is 94.3 Å². The molecule has 32 heavy (non-hydrogen) atoms. The van der Waals surface area contributed by atoms with Crippen LogP contribution < -0.4 is 11.5 Å². The van der Waals surface area contributed by atoms with E-state index in [0.29, 0.717) is 29.5 Å². The zero-order valence-electron chi connectivity index (χ0n) is 18.0. The van der Waals surface area contributed by atoms with Crippen LogP contribution in [0.5, 0.6) is 0 Å². The van der Waals surface area contributed by atoms with Crippen molar-refractivity contribution in [1.29, 1.82) is 0 Å². The molecule has 4 aromatic rings. The number of nitrogens with zero attached hydrogens (tertiary/aromatic N) is 7. The van der Waals surface area contributed by atoms with E-state index in [1.165, 1.54) is 12.7 Å². The van der Waals surface area contributed by atoms with Gasteiger partial charge in [0.05, 0.1) is 35.1 Å². The Hall–Kier alpha value is -1.92. The van der Waals surface area contributed by atoms with Gasteiger partial charge in [-0.15, -0.1) is 0 Å². The summed E-state index contributed by atoms with van der Waals surface area (Å²) in [4.78, 5) is 15.8. The first-order valence-electron chi connectivity index (χ1n) is 9.47. The van der Waals surface area contributed by atoms with Crippen LogP contribution in [-0.2, 0) is 11.3 Å². The lowest BCUT2D eigenvalue weighted by molar-refractivity contribution is 0.0588. The van der Waals surface area contributed by atoms with Gasteiger partial charge in [-0.1, -0.05) is 0 Å². The van der Waals surface area contributed by atoms with Gasteiger partial charge < -0.3 is 21.3 Å². The van der Waals surface area contributed by atoms with E-state index >= 15 is 0 Å². The van der Waals surface area contributed by atoms with Gasteiger partial charge in [0.15, 0.2) is 11.3 Å². The number of nitrogen functional groups attached to an aromatic ring is 2. The Morgan fingerprint density at radius 1 is 1.12 bits per heavy atom. The van der Waals surface area contributed by atoms with Gasteiger partial charge in [0.2, 0.25) is 0 Å². The van der Waals surface area contributed by atoms with Gasteiger partial charge in [-0.25, -0.2) is 24.6 Å². The predicted octanol–water partition coefficient (Wildman–Crippen LogP) is 2.12. The van der Waals surface area contributed by atoms with E-state index in [0.717, 1.165) is 24.8 Å². The summed E-state index contributed by atoms with van der Waals surface area (Å²) in [6, 6.07) is 0. The van der Waals surface area contributed by atoms with E-state index < -0.39 is 5.60 Å². The lowest BCUT2D eigenvalue weighted by atomic mass is 10.1. The molecule has 1 fully saturated rings. The van der Waals surface area contributed by atoms with Gasteiger partial charge in [0.25, 0.3) is 0 Å². The normalized spacial score (nSPS) is 14.5. The molecule has 0 radical (unpaired) electrons. The first-order valence-corrected chi connectivity index (χ1v) is 11.6. The average Bonchev–Trinajstić information content (AvgIpc) is 3.10. The van der Waals surface area contributed by atoms with Crippen molar-refractivity contribution < 1.29 is 9.84 Å². The minimum absolute atomic E-state index is 0.250. The maximum atomic E-state index is 9.77. The van der Waals surface area contributed by atoms with E-state index in [9.17, 15) is 5.11 Å². The highest BCUT2D eigenvalue weighted by Crippen LogP contribution is 2.24. The van der Waals surface area contributed by atoms with Crippen molar-refractivity contribution in [2.45, 2.75) is 45.4 Å². The van der Waals surface area contributed by atoms with Crippen LogP contribution in [-0.4, -0.2) is 62.8 Å². The highest BCUT2D eigenvalue weighted by atomic mass is 127. The van der Waals surface area contributed by atoms with Crippen LogP contribution in [0.25, 0.3) is 22.1 Å². The Labute approximate surface area is 211 Å². The summed E-state index contributed by atoms with van der Waals surface area (Å²) in [5.41, 5.74) is 12.0. The topological polar surface area (TPSA) is 183 Å². The van der Waals surface area contributed by atoms with Crippen molar-refractivity contribution in [2.75, 3.05) is 18.1 Å². The minimum Gasteiger partial charge on any atom is -0.389 e. The van der Waals surface area contributed by atoms with Gasteiger partial charge in [0.1, 0.15) is 31.7 Å². The summed E-state index contributed by atoms with van der Waals surface area (Å²) < 4.78 is 8.16. The van der Waals surface area contributed by atoms with Crippen LogP contribution in [0, 0.1) is 7.40 Å². The number of anilines is 2. The standard InChI is InChI=1S/C9H12IN5O.C5H4IN5.C4H8O/c1-9(2,16)3-15-8-5(6(10)14-15)7(11)12-4-13-8;6-3-2-4(7)8-1-9-5(2)11-10-3;1-4(2)3-5-4/h4,16H,3H2,1-2H3,(H2,11,12,13);1H,(H3,7,8,9,10,11);3H2,1-2H3. The summed E-state index contributed by atoms with van der Waals surface area (Å²) in [5, 5.41) is 22.3. The summed E-state index contributed by atoms with van der Waals surface area (Å²) in [7, 11) is 0. The van der Waals surface area contributed by atoms with Gasteiger partial charge in [-0.3, -0.25) is 5.10 Å². The third-order valence-corrected chi connectivity index (χ3v) is 5.65. The number of aromatic amines is 1. The lowest BCUT2D eigenvalue weighted by Gasteiger charge is -2.16. The molecule has 0 spiro atoms. The Kier molecular flexibility index (Phi) is 7.35. The number of aliphatic hydroxyl groups is 1. The summed E-state index contributed by atoms with van der Waals surface area (Å²) >= 11 is 4.18. The van der Waals surface area contributed by atoms with Crippen molar-refractivity contribution in [3.8, 4) is 0 Å². The number of nitrogens with two attached hydrogens (primary N) is 2. The highest BCUT2D eigenvalue weighted by molar-refractivity contribution is 14.1. The maximum Gasteiger partial charge on any atom is 0.187 e. The maximum absolute atomic E-state index is 9.77. The zero-order chi connectivity index (χ0) is 23.7. The number of rotatable bonds is 2. The molecular weight excluding hydrogens is 642 g/mol. The molecule has 0 amide bonds. The number of aromatic nitrogens is 8. The Morgan fingerprint density at radius 3 is 2.22 bits per heavy atom. The molecule has 5 heterocycles. The van der Waals surface area contributed by atoms with Crippen molar-refractivity contribution in [3.63, 3.8) is 0 Å². The predicted molar refractivity (Wildman–Crippen MR) is 138 cm³/mol. The fourth-order valence-corrected chi connectivity index (χ4v) is 3.87. The molecule has 1 aliphatic heterocycles. The number of fused-ring (bicyclic) bond motifs is 2. The SMILES string of the molecule is CC(C)(O)Cn1nc(I)c2c(N)ncnc21.CC1(C)CO1.Nc1ncnc2n[nH]c(I)c12. The third kappa shape index (κ3) is 6.32. The fourth-order valence-electron chi connectivity index (χ4n) is 2.45. The second-order valence-electron chi connectivity index (χ2n) is 8.26. The highest BCUT2D eigenvalue weighted by Gasteiger charge is 2.32. The fraction of sp³-hybridized carbons (Fsp3) is 0.444. The Balaban J connectivity index is 0.000000155. The molecule has 0 bridgehead atoms. The van der Waals surface area contributed by atoms with E-state index in [4.69, 9.17) is 16.2 Å². The molecule has 1 aliphatic rings. The van der Waals surface area contributed by atoms with Gasteiger partial charge in [-0.05, 0) is 72.9 Å². The molecule has 1 saturated heterocycles. The zero-order valence-corrected chi connectivity index (χ0v) is 22.3. The summed E-state index contributed by atoms with van der Waals surface area (Å²) in [6.45, 7) is 8.91. The first kappa shape index (κ1) is 24.7. The number of hydrogen-bond donors (Lipinski definition) is 4. The van der Waals surface area contributed by atoms with Crippen LogP contribution in [0.3, 0.4) is 0 Å². The molecule has 0 atom stereocenters. The number of epoxide rings is 1. The van der Waals surface area contributed by atoms with E-state index in [1.807, 2.05) is 0 Å². The molecule has 0 unspecified atom stereocenters. The van der Waals surface area contributed by atoms with Crippen molar-refractivity contribution in [2.24, 2.45) is 0 Å². The molecule has 4 aromatic heterocycles. The molecule has 172 valence electrons. The Bertz CT molecular complexity index is 1230. The molecule has 0 aliphatic carbocycles. The number of nitrogens with one attached hydrogen (secondary N) is 1. The third-order valence-electron chi connectivity index (χ3n) is 4.11. The van der Waals surface area contributed by atoms with Crippen LogP contribution in [0.1, 0.15) is 27.7 Å². The van der Waals surface area contributed by atoms with Crippen LogP contribution in [0.15, 0.2) is 12.7 Å². The largest absolute Gasteiger partial charge is 0.389 e. The summed E-state index contributed by atoms with van der Waals surface area (Å²) in [5.74, 6) is 0.879. The van der Waals surface area contributed by atoms with Crippen molar-refractivity contribution >= 4 is 78.9 Å². The number of ether oxygens (including phenoxy) is 1. The second kappa shape index (κ2) is 9.52. The average molecular weight is 666 g/mol. The number of hydrogen-bond acceptors (Lipinski definition) is 10. The number of halogens is 2. The Morgan fingerprint density at radius 2 is 1.69 bits per heavy atom. The summed E-state index contributed by atoms with van der Waals surface area (Å²) in [6.07, 6.45) is 2.80. The van der Waals surface area contributed by atoms with Gasteiger partial charge >= 0.3 is 0 Å². The van der Waals surface area contributed by atoms with Gasteiger partial charge in [0, 0.05) is 0 Å². The van der Waals surface area contributed by atoms with Crippen molar-refractivity contribution in [1.82, 2.24) is 39.9 Å². The minimum atomic E-state index is -0.845.